The van der Waals surface area contributed by atoms with Crippen LogP contribution in [0.4, 0.5) is 0 Å². The lowest BCUT2D eigenvalue weighted by Gasteiger charge is -2.29. The zero-order chi connectivity index (χ0) is 14.6. The molecule has 0 aliphatic carbocycles. The Hall–Kier alpha value is -1.26. The second kappa shape index (κ2) is 6.46. The Morgan fingerprint density at radius 1 is 1.45 bits per heavy atom. The molecule has 1 fully saturated rings. The van der Waals surface area contributed by atoms with E-state index in [1.165, 1.54) is 0 Å². The van der Waals surface area contributed by atoms with Crippen molar-refractivity contribution in [2.75, 3.05) is 20.3 Å². The summed E-state index contributed by atoms with van der Waals surface area (Å²) in [6.07, 6.45) is 1.25. The molecule has 0 aromatic heterocycles. The molecule has 1 aromatic carbocycles. The van der Waals surface area contributed by atoms with Crippen LogP contribution in [0.2, 0.25) is 0 Å². The van der Waals surface area contributed by atoms with E-state index in [9.17, 15) is 0 Å². The van der Waals surface area contributed by atoms with E-state index in [4.69, 9.17) is 14.2 Å². The second-order valence-electron chi connectivity index (χ2n) is 5.42. The average molecular weight is 279 g/mol. The van der Waals surface area contributed by atoms with Crippen LogP contribution in [0.5, 0.6) is 11.5 Å². The molecule has 2 unspecified atom stereocenters. The van der Waals surface area contributed by atoms with E-state index in [1.807, 2.05) is 19.1 Å². The summed E-state index contributed by atoms with van der Waals surface area (Å²) in [5.74, 6) is 1.62. The molecule has 20 heavy (non-hydrogen) atoms. The molecule has 0 radical (unpaired) electrons. The summed E-state index contributed by atoms with van der Waals surface area (Å²) in [6, 6.07) is 6.01. The zero-order valence-electron chi connectivity index (χ0n) is 12.9. The number of para-hydroxylation sites is 1. The third-order valence-electron chi connectivity index (χ3n) is 4.13. The Morgan fingerprint density at radius 3 is 2.85 bits per heavy atom. The van der Waals surface area contributed by atoms with Crippen molar-refractivity contribution in [1.82, 2.24) is 5.32 Å². The van der Waals surface area contributed by atoms with Crippen molar-refractivity contribution in [2.24, 2.45) is 0 Å². The van der Waals surface area contributed by atoms with E-state index in [0.717, 1.165) is 36.6 Å². The molecule has 112 valence electrons. The van der Waals surface area contributed by atoms with Crippen LogP contribution in [0, 0.1) is 0 Å². The smallest absolute Gasteiger partial charge is 0.165 e. The van der Waals surface area contributed by atoms with Crippen molar-refractivity contribution >= 4 is 0 Å². The lowest BCUT2D eigenvalue weighted by Crippen LogP contribution is -2.47. The largest absolute Gasteiger partial charge is 0.493 e. The number of hydrogen-bond acceptors (Lipinski definition) is 4. The van der Waals surface area contributed by atoms with Gasteiger partial charge in [0, 0.05) is 24.3 Å². The van der Waals surface area contributed by atoms with Gasteiger partial charge < -0.3 is 19.5 Å². The number of benzene rings is 1. The normalized spacial score (nSPS) is 25.7. The van der Waals surface area contributed by atoms with Crippen molar-refractivity contribution in [3.05, 3.63) is 23.8 Å². The maximum absolute atomic E-state index is 5.66. The van der Waals surface area contributed by atoms with Gasteiger partial charge in [-0.2, -0.15) is 0 Å². The van der Waals surface area contributed by atoms with Crippen LogP contribution in [0.3, 0.4) is 0 Å². The molecular formula is C16H25NO3. The molecule has 2 atom stereocenters. The van der Waals surface area contributed by atoms with Crippen molar-refractivity contribution in [2.45, 2.75) is 45.4 Å². The lowest BCUT2D eigenvalue weighted by molar-refractivity contribution is 0.0880. The maximum Gasteiger partial charge on any atom is 0.165 e. The Balaban J connectivity index is 2.11. The molecule has 1 heterocycles. The predicted octanol–water partition coefficient (Wildman–Crippen LogP) is 2.75. The summed E-state index contributed by atoms with van der Waals surface area (Å²) >= 11 is 0. The van der Waals surface area contributed by atoms with Gasteiger partial charge in [0.25, 0.3) is 0 Å². The SMILES string of the molecule is CCOc1cccc(CNC2(C)CCOC2C)c1OC. The summed E-state index contributed by atoms with van der Waals surface area (Å²) in [5, 5.41) is 3.61. The molecule has 0 bridgehead atoms. The molecule has 0 saturated carbocycles. The maximum atomic E-state index is 5.66. The predicted molar refractivity (Wildman–Crippen MR) is 79.4 cm³/mol. The Morgan fingerprint density at radius 2 is 2.25 bits per heavy atom. The molecule has 4 nitrogen and oxygen atoms in total. The number of nitrogens with one attached hydrogen (secondary N) is 1. The summed E-state index contributed by atoms with van der Waals surface area (Å²) in [5.41, 5.74) is 1.13. The highest BCUT2D eigenvalue weighted by Crippen LogP contribution is 2.32. The van der Waals surface area contributed by atoms with Gasteiger partial charge in [0.1, 0.15) is 0 Å². The van der Waals surface area contributed by atoms with Gasteiger partial charge in [-0.1, -0.05) is 12.1 Å². The molecule has 0 amide bonds. The van der Waals surface area contributed by atoms with Crippen LogP contribution in [-0.2, 0) is 11.3 Å². The van der Waals surface area contributed by atoms with Gasteiger partial charge >= 0.3 is 0 Å². The van der Waals surface area contributed by atoms with Crippen molar-refractivity contribution in [3.8, 4) is 11.5 Å². The van der Waals surface area contributed by atoms with Crippen LogP contribution in [0.15, 0.2) is 18.2 Å². The first-order valence-electron chi connectivity index (χ1n) is 7.26. The average Bonchev–Trinajstić information content (AvgIpc) is 2.77. The van der Waals surface area contributed by atoms with E-state index >= 15 is 0 Å². The molecule has 0 spiro atoms. The molecule has 4 heteroatoms. The summed E-state index contributed by atoms with van der Waals surface area (Å²) in [7, 11) is 1.68. The van der Waals surface area contributed by atoms with E-state index in [2.05, 4.69) is 25.2 Å². The Bertz CT molecular complexity index is 449. The monoisotopic (exact) mass is 279 g/mol. The van der Waals surface area contributed by atoms with Gasteiger partial charge in [-0.25, -0.2) is 0 Å². The van der Waals surface area contributed by atoms with Gasteiger partial charge in [0.15, 0.2) is 11.5 Å². The summed E-state index contributed by atoms with van der Waals surface area (Å²) in [4.78, 5) is 0. The van der Waals surface area contributed by atoms with E-state index in [-0.39, 0.29) is 11.6 Å². The van der Waals surface area contributed by atoms with Crippen molar-refractivity contribution in [3.63, 3.8) is 0 Å². The fourth-order valence-electron chi connectivity index (χ4n) is 2.57. The first-order chi connectivity index (χ1) is 9.60. The molecule has 1 aliphatic rings. The van der Waals surface area contributed by atoms with Crippen LogP contribution in [0.25, 0.3) is 0 Å². The summed E-state index contributed by atoms with van der Waals surface area (Å²) in [6.45, 7) is 8.51. The molecular weight excluding hydrogens is 254 g/mol. The van der Waals surface area contributed by atoms with Crippen LogP contribution < -0.4 is 14.8 Å². The number of ether oxygens (including phenoxy) is 3. The van der Waals surface area contributed by atoms with Gasteiger partial charge in [-0.05, 0) is 33.3 Å². The number of rotatable bonds is 6. The minimum absolute atomic E-state index is 0.0205. The Kier molecular flexibility index (Phi) is 4.89. The third kappa shape index (κ3) is 3.07. The first-order valence-corrected chi connectivity index (χ1v) is 7.26. The first kappa shape index (κ1) is 15.1. The zero-order valence-corrected chi connectivity index (χ0v) is 12.9. The summed E-state index contributed by atoms with van der Waals surface area (Å²) < 4.78 is 16.8. The Labute approximate surface area is 121 Å². The fourth-order valence-corrected chi connectivity index (χ4v) is 2.57. The van der Waals surface area contributed by atoms with Crippen LogP contribution in [0.1, 0.15) is 32.8 Å². The molecule has 2 rings (SSSR count). The third-order valence-corrected chi connectivity index (χ3v) is 4.13. The van der Waals surface area contributed by atoms with E-state index in [1.54, 1.807) is 7.11 Å². The standard InChI is InChI=1S/C16H25NO3/c1-5-19-14-8-6-7-13(15(14)18-4)11-17-16(3)9-10-20-12(16)2/h6-8,12,17H,5,9-11H2,1-4H3. The minimum Gasteiger partial charge on any atom is -0.493 e. The highest BCUT2D eigenvalue weighted by Gasteiger charge is 2.36. The quantitative estimate of drug-likeness (QED) is 0.869. The van der Waals surface area contributed by atoms with Gasteiger partial charge in [-0.15, -0.1) is 0 Å². The molecule has 1 N–H and O–H groups in total. The molecule has 1 aromatic rings. The highest BCUT2D eigenvalue weighted by atomic mass is 16.5. The number of hydrogen-bond donors (Lipinski definition) is 1. The van der Waals surface area contributed by atoms with E-state index < -0.39 is 0 Å². The lowest BCUT2D eigenvalue weighted by atomic mass is 9.94. The van der Waals surface area contributed by atoms with Crippen LogP contribution in [-0.4, -0.2) is 32.0 Å². The van der Waals surface area contributed by atoms with Gasteiger partial charge in [0.05, 0.1) is 19.8 Å². The highest BCUT2D eigenvalue weighted by molar-refractivity contribution is 5.46. The van der Waals surface area contributed by atoms with Crippen molar-refractivity contribution in [1.29, 1.82) is 0 Å². The molecule has 1 saturated heterocycles. The van der Waals surface area contributed by atoms with Crippen LogP contribution >= 0.6 is 0 Å². The topological polar surface area (TPSA) is 39.7 Å². The number of methoxy groups -OCH3 is 1. The van der Waals surface area contributed by atoms with Gasteiger partial charge in [0.2, 0.25) is 0 Å². The molecule has 1 aliphatic heterocycles. The van der Waals surface area contributed by atoms with Crippen molar-refractivity contribution < 1.29 is 14.2 Å². The van der Waals surface area contributed by atoms with E-state index in [0.29, 0.717) is 6.61 Å². The minimum atomic E-state index is 0.0205. The fraction of sp³-hybridized carbons (Fsp3) is 0.625. The second-order valence-corrected chi connectivity index (χ2v) is 5.42. The van der Waals surface area contributed by atoms with Gasteiger partial charge in [-0.3, -0.25) is 0 Å².